The minimum Gasteiger partial charge on any atom is -0.206 e. The van der Waals surface area contributed by atoms with Crippen molar-refractivity contribution in [3.05, 3.63) is 41.2 Å². The summed E-state index contributed by atoms with van der Waals surface area (Å²) in [5, 5.41) is 0. The van der Waals surface area contributed by atoms with Crippen LogP contribution in [0.3, 0.4) is 0 Å². The van der Waals surface area contributed by atoms with E-state index in [1.54, 1.807) is 6.07 Å². The minimum atomic E-state index is -4.42. The van der Waals surface area contributed by atoms with Gasteiger partial charge >= 0.3 is 6.18 Å². The van der Waals surface area contributed by atoms with E-state index >= 15 is 0 Å². The molecule has 0 spiro atoms. The second-order valence-electron chi connectivity index (χ2n) is 9.25. The first-order valence-electron chi connectivity index (χ1n) is 11.4. The Morgan fingerprint density at radius 2 is 1.41 bits per heavy atom. The molecule has 3 rings (SSSR count). The van der Waals surface area contributed by atoms with Crippen molar-refractivity contribution in [2.45, 2.75) is 89.6 Å². The molecule has 0 aromatic heterocycles. The quantitative estimate of drug-likeness (QED) is 0.412. The molecule has 29 heavy (non-hydrogen) atoms. The Bertz CT molecular complexity index is 660. The molecule has 2 aliphatic rings. The molecular formula is C25H34F4. The summed E-state index contributed by atoms with van der Waals surface area (Å²) in [4.78, 5) is 0. The predicted molar refractivity (Wildman–Crippen MR) is 111 cm³/mol. The van der Waals surface area contributed by atoms with Crippen LogP contribution in [0.4, 0.5) is 17.6 Å². The van der Waals surface area contributed by atoms with Gasteiger partial charge in [-0.2, -0.15) is 13.2 Å². The fourth-order valence-electron chi connectivity index (χ4n) is 5.30. The molecule has 162 valence electrons. The van der Waals surface area contributed by atoms with Gasteiger partial charge in [-0.15, -0.1) is 0 Å². The first-order chi connectivity index (χ1) is 13.8. The number of benzene rings is 1. The first kappa shape index (κ1) is 22.4. The minimum absolute atomic E-state index is 0.00226. The van der Waals surface area contributed by atoms with Crippen LogP contribution in [0.25, 0.3) is 6.08 Å². The summed E-state index contributed by atoms with van der Waals surface area (Å²) in [6.45, 7) is 2.31. The molecule has 0 unspecified atom stereocenters. The van der Waals surface area contributed by atoms with Gasteiger partial charge in [0.05, 0.1) is 0 Å². The Hall–Kier alpha value is -1.32. The first-order valence-corrected chi connectivity index (χ1v) is 11.4. The van der Waals surface area contributed by atoms with E-state index in [0.29, 0.717) is 5.92 Å². The van der Waals surface area contributed by atoms with Crippen molar-refractivity contribution in [2.75, 3.05) is 0 Å². The fraction of sp³-hybridized carbons (Fsp3) is 0.680. The van der Waals surface area contributed by atoms with E-state index in [1.807, 2.05) is 0 Å². The van der Waals surface area contributed by atoms with Gasteiger partial charge in [0.15, 0.2) is 0 Å². The SMILES string of the molecule is CCC1CCC(CCC2CCC(c3ccc(/C=C/C(F)(F)F)c(F)c3)CC2)CC1. The summed E-state index contributed by atoms with van der Waals surface area (Å²) in [6, 6.07) is 4.72. The van der Waals surface area contributed by atoms with E-state index in [1.165, 1.54) is 69.9 Å². The second-order valence-corrected chi connectivity index (χ2v) is 9.25. The zero-order chi connectivity index (χ0) is 20.9. The summed E-state index contributed by atoms with van der Waals surface area (Å²) in [6.07, 6.45) is 10.6. The Labute approximate surface area is 172 Å². The maximum Gasteiger partial charge on any atom is 0.409 e. The molecule has 0 N–H and O–H groups in total. The number of allylic oxidation sites excluding steroid dienone is 1. The number of alkyl halides is 3. The van der Waals surface area contributed by atoms with Crippen molar-refractivity contribution in [3.63, 3.8) is 0 Å². The number of hydrogen-bond acceptors (Lipinski definition) is 0. The predicted octanol–water partition coefficient (Wildman–Crippen LogP) is 8.67. The van der Waals surface area contributed by atoms with Crippen LogP contribution in [0, 0.1) is 23.6 Å². The van der Waals surface area contributed by atoms with Gasteiger partial charge in [0.25, 0.3) is 0 Å². The van der Waals surface area contributed by atoms with Gasteiger partial charge in [-0.25, -0.2) is 4.39 Å². The second kappa shape index (κ2) is 10.1. The highest BCUT2D eigenvalue weighted by atomic mass is 19.4. The third kappa shape index (κ3) is 6.86. The van der Waals surface area contributed by atoms with Crippen molar-refractivity contribution < 1.29 is 17.6 Å². The maximum atomic E-state index is 14.2. The van der Waals surface area contributed by atoms with E-state index in [2.05, 4.69) is 6.92 Å². The molecule has 0 bridgehead atoms. The van der Waals surface area contributed by atoms with Gasteiger partial charge in [0.1, 0.15) is 5.82 Å². The summed E-state index contributed by atoms with van der Waals surface area (Å²) in [5.74, 6) is 2.43. The molecule has 2 saturated carbocycles. The van der Waals surface area contributed by atoms with Crippen molar-refractivity contribution in [2.24, 2.45) is 17.8 Å². The van der Waals surface area contributed by atoms with Crippen LogP contribution in [0.2, 0.25) is 0 Å². The van der Waals surface area contributed by atoms with Gasteiger partial charge in [-0.1, -0.05) is 64.0 Å². The lowest BCUT2D eigenvalue weighted by atomic mass is 9.74. The van der Waals surface area contributed by atoms with Crippen LogP contribution in [0.1, 0.15) is 94.6 Å². The van der Waals surface area contributed by atoms with E-state index in [9.17, 15) is 17.6 Å². The molecule has 4 heteroatoms. The molecule has 1 aromatic rings. The number of rotatable bonds is 6. The topological polar surface area (TPSA) is 0 Å². The Morgan fingerprint density at radius 1 is 0.862 bits per heavy atom. The molecule has 0 saturated heterocycles. The molecule has 1 aromatic carbocycles. The lowest BCUT2D eigenvalue weighted by Crippen LogP contribution is -2.17. The Morgan fingerprint density at radius 3 is 1.93 bits per heavy atom. The molecular weight excluding hydrogens is 376 g/mol. The van der Waals surface area contributed by atoms with E-state index in [-0.39, 0.29) is 11.6 Å². The van der Waals surface area contributed by atoms with Crippen LogP contribution in [-0.2, 0) is 0 Å². The molecule has 0 nitrogen and oxygen atoms in total. The average molecular weight is 411 g/mol. The van der Waals surface area contributed by atoms with Crippen LogP contribution in [-0.4, -0.2) is 6.18 Å². The van der Waals surface area contributed by atoms with Gasteiger partial charge in [0.2, 0.25) is 0 Å². The molecule has 0 amide bonds. The number of hydrogen-bond donors (Lipinski definition) is 0. The highest BCUT2D eigenvalue weighted by Crippen LogP contribution is 2.40. The third-order valence-electron chi connectivity index (χ3n) is 7.32. The molecule has 0 atom stereocenters. The van der Waals surface area contributed by atoms with Gasteiger partial charge < -0.3 is 0 Å². The molecule has 2 aliphatic carbocycles. The van der Waals surface area contributed by atoms with Gasteiger partial charge in [-0.3, -0.25) is 0 Å². The van der Waals surface area contributed by atoms with Crippen molar-refractivity contribution in [3.8, 4) is 0 Å². The van der Waals surface area contributed by atoms with E-state index in [0.717, 1.165) is 42.2 Å². The fourth-order valence-corrected chi connectivity index (χ4v) is 5.30. The Balaban J connectivity index is 1.44. The van der Waals surface area contributed by atoms with Crippen molar-refractivity contribution in [1.82, 2.24) is 0 Å². The number of halogens is 4. The smallest absolute Gasteiger partial charge is 0.206 e. The third-order valence-corrected chi connectivity index (χ3v) is 7.32. The largest absolute Gasteiger partial charge is 0.409 e. The highest BCUT2D eigenvalue weighted by molar-refractivity contribution is 5.51. The van der Waals surface area contributed by atoms with E-state index in [4.69, 9.17) is 0 Å². The maximum absolute atomic E-state index is 14.2. The highest BCUT2D eigenvalue weighted by Gasteiger charge is 2.26. The summed E-state index contributed by atoms with van der Waals surface area (Å²) >= 11 is 0. The van der Waals surface area contributed by atoms with Crippen LogP contribution in [0.5, 0.6) is 0 Å². The zero-order valence-electron chi connectivity index (χ0n) is 17.5. The molecule has 0 aliphatic heterocycles. The molecule has 0 heterocycles. The van der Waals surface area contributed by atoms with Crippen LogP contribution < -0.4 is 0 Å². The summed E-state index contributed by atoms with van der Waals surface area (Å²) < 4.78 is 51.1. The Kier molecular flexibility index (Phi) is 7.81. The lowest BCUT2D eigenvalue weighted by Gasteiger charge is -2.32. The monoisotopic (exact) mass is 410 g/mol. The van der Waals surface area contributed by atoms with Crippen LogP contribution >= 0.6 is 0 Å². The summed E-state index contributed by atoms with van der Waals surface area (Å²) in [5.41, 5.74) is 0.931. The van der Waals surface area contributed by atoms with Crippen LogP contribution in [0.15, 0.2) is 24.3 Å². The van der Waals surface area contributed by atoms with Gasteiger partial charge in [-0.05, 0) is 67.1 Å². The lowest BCUT2D eigenvalue weighted by molar-refractivity contribution is -0.0790. The van der Waals surface area contributed by atoms with Crippen molar-refractivity contribution >= 4 is 6.08 Å². The molecule has 2 fully saturated rings. The molecule has 0 radical (unpaired) electrons. The average Bonchev–Trinajstić information content (AvgIpc) is 2.71. The summed E-state index contributed by atoms with van der Waals surface area (Å²) in [7, 11) is 0. The normalized spacial score (nSPS) is 28.7. The zero-order valence-corrected chi connectivity index (χ0v) is 17.5. The van der Waals surface area contributed by atoms with Gasteiger partial charge in [0, 0.05) is 11.6 Å². The standard InChI is InChI=1S/C25H34F4/c1-2-18-3-5-19(6-4-18)7-8-20-9-11-21(12-10-20)23-14-13-22(24(26)17-23)15-16-25(27,28)29/h13-21H,2-12H2,1H3/b16-15+. The van der Waals surface area contributed by atoms with Crippen molar-refractivity contribution in [1.29, 1.82) is 0 Å². The van der Waals surface area contributed by atoms with E-state index < -0.39 is 12.0 Å².